The zero-order valence-corrected chi connectivity index (χ0v) is 9.22. The van der Waals surface area contributed by atoms with Gasteiger partial charge in [-0.3, -0.25) is 4.79 Å². The molecule has 0 aliphatic carbocycles. The van der Waals surface area contributed by atoms with Crippen LogP contribution in [-0.2, 0) is 4.79 Å². The van der Waals surface area contributed by atoms with Crippen LogP contribution in [0.3, 0.4) is 0 Å². The zero-order chi connectivity index (χ0) is 14.6. The molecule has 0 heterocycles. The number of carboxylic acid groups (broad SMARTS) is 1. The van der Waals surface area contributed by atoms with Crippen molar-refractivity contribution < 1.29 is 30.5 Å². The number of nitrogens with zero attached hydrogens (tertiary/aromatic N) is 2. The Morgan fingerprint density at radius 2 is 1.47 bits per heavy atom. The molecule has 0 aromatic heterocycles. The molecular weight excluding hydrogens is 242 g/mol. The fourth-order valence-corrected chi connectivity index (χ4v) is 0.609. The first-order valence-corrected chi connectivity index (χ1v) is 4.15. The van der Waals surface area contributed by atoms with E-state index in [0.717, 1.165) is 0 Å². The second-order valence-corrected chi connectivity index (χ2v) is 3.05. The van der Waals surface area contributed by atoms with Crippen molar-refractivity contribution in [3.63, 3.8) is 0 Å². The number of rotatable bonds is 3. The van der Waals surface area contributed by atoms with Gasteiger partial charge in [-0.25, -0.2) is 0 Å². The van der Waals surface area contributed by atoms with Crippen molar-refractivity contribution in [3.8, 4) is 0 Å². The van der Waals surface area contributed by atoms with E-state index in [0.29, 0.717) is 12.3 Å². The molecule has 0 spiro atoms. The van der Waals surface area contributed by atoms with Gasteiger partial charge in [-0.15, -0.1) is 20.2 Å². The molecule has 5 N–H and O–H groups in total. The Balaban J connectivity index is -0.000000205. The normalized spacial score (nSPS) is 10.1. The summed E-state index contributed by atoms with van der Waals surface area (Å²) in [5.74, 6) is -0.556. The third-order valence-electron chi connectivity index (χ3n) is 1.04. The second-order valence-electron chi connectivity index (χ2n) is 3.05. The molecule has 0 bridgehead atoms. The molecule has 0 aliphatic rings. The molecule has 0 aromatic carbocycles. The quantitative estimate of drug-likeness (QED) is 0.389. The number of hydrogen-bond acceptors (Lipinski definition) is 6. The molecule has 0 amide bonds. The molecule has 1 atom stereocenters. The van der Waals surface area contributed by atoms with E-state index in [9.17, 15) is 4.79 Å². The maximum atomic E-state index is 10.1. The predicted molar refractivity (Wildman–Crippen MR) is 52.6 cm³/mol. The minimum Gasteiger partial charge on any atom is -0.480 e. The Morgan fingerprint density at radius 1 is 1.24 bits per heavy atom. The molecule has 102 valence electrons. The van der Waals surface area contributed by atoms with E-state index in [1.807, 2.05) is 13.8 Å². The summed E-state index contributed by atoms with van der Waals surface area (Å²) in [6.45, 7) is 3.89. The Bertz CT molecular complexity index is 223. The van der Waals surface area contributed by atoms with Crippen molar-refractivity contribution in [2.45, 2.75) is 26.3 Å². The first-order valence-electron chi connectivity index (χ1n) is 4.15. The monoisotopic (exact) mass is 257 g/mol. The van der Waals surface area contributed by atoms with Crippen molar-refractivity contribution in [3.05, 3.63) is 20.2 Å². The van der Waals surface area contributed by atoms with E-state index >= 15 is 0 Å². The predicted octanol–water partition coefficient (Wildman–Crippen LogP) is -0.251. The highest BCUT2D eigenvalue weighted by molar-refractivity contribution is 5.72. The van der Waals surface area contributed by atoms with Crippen molar-refractivity contribution in [1.82, 2.24) is 0 Å². The van der Waals surface area contributed by atoms with Gasteiger partial charge in [-0.2, -0.15) is 0 Å². The van der Waals surface area contributed by atoms with E-state index in [-0.39, 0.29) is 0 Å². The Morgan fingerprint density at radius 3 is 1.53 bits per heavy atom. The van der Waals surface area contributed by atoms with Crippen LogP contribution in [-0.4, -0.2) is 37.7 Å². The number of carbonyl (C=O) groups is 1. The topological polar surface area (TPSA) is 190 Å². The van der Waals surface area contributed by atoms with Gasteiger partial charge in [0, 0.05) is 0 Å². The number of carboxylic acids is 1. The van der Waals surface area contributed by atoms with Crippen LogP contribution >= 0.6 is 0 Å². The molecule has 17 heavy (non-hydrogen) atoms. The van der Waals surface area contributed by atoms with E-state index in [2.05, 4.69) is 0 Å². The molecule has 0 radical (unpaired) electrons. The van der Waals surface area contributed by atoms with Crippen molar-refractivity contribution in [2.75, 3.05) is 0 Å². The van der Waals surface area contributed by atoms with Crippen molar-refractivity contribution in [1.29, 1.82) is 0 Å². The second kappa shape index (κ2) is 11.9. The lowest BCUT2D eigenvalue weighted by atomic mass is 10.1. The third kappa shape index (κ3) is 56.9. The minimum absolute atomic E-state index is 0.357. The zero-order valence-electron chi connectivity index (χ0n) is 9.22. The summed E-state index contributed by atoms with van der Waals surface area (Å²) in [5.41, 5.74) is 5.22. The molecular formula is C6H15N3O8. The maximum Gasteiger partial charge on any atom is 0.320 e. The molecule has 1 unspecified atom stereocenters. The fraction of sp³-hybridized carbons (Fsp3) is 0.833. The fourth-order valence-electron chi connectivity index (χ4n) is 0.609. The number of nitrogens with two attached hydrogens (primary N) is 1. The van der Waals surface area contributed by atoms with Gasteiger partial charge >= 0.3 is 5.97 Å². The van der Waals surface area contributed by atoms with E-state index in [1.54, 1.807) is 0 Å². The first-order chi connectivity index (χ1) is 7.50. The Kier molecular flexibility index (Phi) is 14.2. The van der Waals surface area contributed by atoms with Gasteiger partial charge in [0.2, 0.25) is 0 Å². The SMILES string of the molecule is CC(C)CC(N)C(=O)O.O=[N+]([O-])O.O=[N+]([O-])O. The van der Waals surface area contributed by atoms with Crippen LogP contribution in [0.1, 0.15) is 20.3 Å². The number of hydrogen-bond donors (Lipinski definition) is 4. The summed E-state index contributed by atoms with van der Waals surface area (Å²) < 4.78 is 0. The summed E-state index contributed by atoms with van der Waals surface area (Å²) >= 11 is 0. The van der Waals surface area contributed by atoms with Gasteiger partial charge < -0.3 is 21.3 Å². The van der Waals surface area contributed by atoms with Crippen molar-refractivity contribution in [2.24, 2.45) is 11.7 Å². The summed E-state index contributed by atoms with van der Waals surface area (Å²) in [4.78, 5) is 26.8. The third-order valence-corrected chi connectivity index (χ3v) is 1.04. The molecule has 0 fully saturated rings. The van der Waals surface area contributed by atoms with Gasteiger partial charge in [-0.05, 0) is 12.3 Å². The molecule has 0 aromatic rings. The smallest absolute Gasteiger partial charge is 0.320 e. The van der Waals surface area contributed by atoms with E-state index < -0.39 is 22.2 Å². The van der Waals surface area contributed by atoms with Crippen LogP contribution in [0.15, 0.2) is 0 Å². The molecule has 11 heteroatoms. The Hall–Kier alpha value is -2.17. The average molecular weight is 257 g/mol. The lowest BCUT2D eigenvalue weighted by Gasteiger charge is -2.07. The highest BCUT2D eigenvalue weighted by Gasteiger charge is 2.11. The van der Waals surface area contributed by atoms with Gasteiger partial charge in [0.15, 0.2) is 0 Å². The average Bonchev–Trinajstić information content (AvgIpc) is 1.99. The van der Waals surface area contributed by atoms with Gasteiger partial charge in [0.1, 0.15) is 6.04 Å². The van der Waals surface area contributed by atoms with Crippen LogP contribution in [0.4, 0.5) is 0 Å². The van der Waals surface area contributed by atoms with E-state index in [1.165, 1.54) is 0 Å². The van der Waals surface area contributed by atoms with Crippen molar-refractivity contribution >= 4 is 5.97 Å². The molecule has 11 nitrogen and oxygen atoms in total. The highest BCUT2D eigenvalue weighted by Crippen LogP contribution is 2.01. The first kappa shape index (κ1) is 20.3. The van der Waals surface area contributed by atoms with Crippen LogP contribution in [0.2, 0.25) is 0 Å². The lowest BCUT2D eigenvalue weighted by Crippen LogP contribution is -2.31. The summed E-state index contributed by atoms with van der Waals surface area (Å²) in [7, 11) is 0. The van der Waals surface area contributed by atoms with Gasteiger partial charge in [-0.1, -0.05) is 13.8 Å². The molecule has 0 rings (SSSR count). The van der Waals surface area contributed by atoms with Gasteiger partial charge in [0.05, 0.1) is 0 Å². The van der Waals surface area contributed by atoms with Gasteiger partial charge in [0.25, 0.3) is 10.2 Å². The lowest BCUT2D eigenvalue weighted by molar-refractivity contribution is -0.742. The van der Waals surface area contributed by atoms with Crippen LogP contribution in [0.5, 0.6) is 0 Å². The highest BCUT2D eigenvalue weighted by atomic mass is 16.9. The number of aliphatic carboxylic acids is 1. The summed E-state index contributed by atoms with van der Waals surface area (Å²) in [6, 6.07) is -0.690. The largest absolute Gasteiger partial charge is 0.480 e. The minimum atomic E-state index is -1.50. The summed E-state index contributed by atoms with van der Waals surface area (Å²) in [5, 5.41) is 35.6. The van der Waals surface area contributed by atoms with Crippen LogP contribution in [0, 0.1) is 26.1 Å². The molecule has 0 saturated carbocycles. The van der Waals surface area contributed by atoms with E-state index in [4.69, 9.17) is 41.5 Å². The standard InChI is InChI=1S/C6H13NO2.2HNO3/c1-4(2)3-5(7)6(8)9;2*2-1(3)4/h4-5H,3,7H2,1-2H3,(H,8,9);2*(H,2,3,4). The maximum absolute atomic E-state index is 10.1. The molecule has 0 saturated heterocycles. The Labute approximate surface area is 95.7 Å². The molecule has 0 aliphatic heterocycles. The summed E-state index contributed by atoms with van der Waals surface area (Å²) in [6.07, 6.45) is 0.551. The van der Waals surface area contributed by atoms with Crippen LogP contribution in [0.25, 0.3) is 0 Å². The van der Waals surface area contributed by atoms with Crippen LogP contribution < -0.4 is 5.73 Å².